The number of Topliss-reactive ketones (excluding diaryl/α,β-unsaturated/α-hetero) is 1. The highest BCUT2D eigenvalue weighted by Crippen LogP contribution is 2.15. The highest BCUT2D eigenvalue weighted by atomic mass is 32.1. The second-order valence-electron chi connectivity index (χ2n) is 3.12. The van der Waals surface area contributed by atoms with E-state index in [-0.39, 0.29) is 5.78 Å². The molecule has 2 nitrogen and oxygen atoms in total. The van der Waals surface area contributed by atoms with Crippen LogP contribution < -0.4 is 0 Å². The van der Waals surface area contributed by atoms with Crippen LogP contribution in [0.2, 0.25) is 0 Å². The van der Waals surface area contributed by atoms with Crippen molar-refractivity contribution >= 4 is 17.1 Å². The van der Waals surface area contributed by atoms with Crippen LogP contribution in [0.1, 0.15) is 47.3 Å². The Morgan fingerprint density at radius 3 is 2.85 bits per heavy atom. The molecular weight excluding hydrogens is 182 g/mol. The van der Waals surface area contributed by atoms with Gasteiger partial charge in [-0.05, 0) is 13.3 Å². The molecule has 1 heterocycles. The first-order chi connectivity index (χ1) is 6.24. The Bertz CT molecular complexity index is 280. The van der Waals surface area contributed by atoms with Crippen LogP contribution in [-0.4, -0.2) is 10.8 Å². The molecule has 0 spiro atoms. The average Bonchev–Trinajstić information content (AvgIpc) is 2.52. The van der Waals surface area contributed by atoms with Gasteiger partial charge in [0.05, 0.1) is 9.88 Å². The molecule has 0 radical (unpaired) electrons. The summed E-state index contributed by atoms with van der Waals surface area (Å²) in [5, 5.41) is 0.971. The molecular formula is C10H15NOS. The maximum Gasteiger partial charge on any atom is 0.174 e. The minimum atomic E-state index is 0.249. The number of unbranched alkanes of at least 4 members (excludes halogenated alkanes) is 2. The second-order valence-corrected chi connectivity index (χ2v) is 4.36. The third kappa shape index (κ3) is 3.27. The van der Waals surface area contributed by atoms with E-state index < -0.39 is 0 Å². The number of ketones is 1. The van der Waals surface area contributed by atoms with E-state index in [4.69, 9.17) is 0 Å². The number of aromatic nitrogens is 1. The van der Waals surface area contributed by atoms with Crippen molar-refractivity contribution in [1.82, 2.24) is 4.98 Å². The molecule has 0 unspecified atom stereocenters. The molecule has 0 amide bonds. The Hall–Kier alpha value is -0.700. The maximum absolute atomic E-state index is 11.5. The van der Waals surface area contributed by atoms with Crippen molar-refractivity contribution in [1.29, 1.82) is 0 Å². The third-order valence-electron chi connectivity index (χ3n) is 1.90. The quantitative estimate of drug-likeness (QED) is 0.536. The summed E-state index contributed by atoms with van der Waals surface area (Å²) in [5.74, 6) is 0.249. The van der Waals surface area contributed by atoms with Crippen molar-refractivity contribution in [3.8, 4) is 0 Å². The average molecular weight is 197 g/mol. The standard InChI is InChI=1S/C10H15NOS/c1-3-4-5-6-9(12)10-7-11-8(2)13-10/h7H,3-6H2,1-2H3. The van der Waals surface area contributed by atoms with Gasteiger partial charge in [0, 0.05) is 12.6 Å². The molecule has 13 heavy (non-hydrogen) atoms. The molecule has 0 saturated heterocycles. The van der Waals surface area contributed by atoms with Crippen LogP contribution in [0.4, 0.5) is 0 Å². The van der Waals surface area contributed by atoms with Crippen LogP contribution in [0.25, 0.3) is 0 Å². The normalized spacial score (nSPS) is 10.3. The molecule has 1 rings (SSSR count). The molecule has 0 aliphatic heterocycles. The smallest absolute Gasteiger partial charge is 0.174 e. The summed E-state index contributed by atoms with van der Waals surface area (Å²) in [5.41, 5.74) is 0. The second kappa shape index (κ2) is 5.12. The SMILES string of the molecule is CCCCCC(=O)c1cnc(C)s1. The number of hydrogen-bond donors (Lipinski definition) is 0. The van der Waals surface area contributed by atoms with E-state index in [1.54, 1.807) is 6.20 Å². The van der Waals surface area contributed by atoms with E-state index >= 15 is 0 Å². The topological polar surface area (TPSA) is 30.0 Å². The van der Waals surface area contributed by atoms with Crippen molar-refractivity contribution in [2.75, 3.05) is 0 Å². The molecule has 0 bridgehead atoms. The van der Waals surface area contributed by atoms with Crippen molar-refractivity contribution in [2.45, 2.75) is 39.5 Å². The molecule has 0 saturated carbocycles. The first kappa shape index (κ1) is 10.4. The van der Waals surface area contributed by atoms with Gasteiger partial charge in [-0.25, -0.2) is 4.98 Å². The Morgan fingerprint density at radius 2 is 2.31 bits per heavy atom. The fourth-order valence-corrected chi connectivity index (χ4v) is 1.89. The van der Waals surface area contributed by atoms with Gasteiger partial charge in [0.2, 0.25) is 0 Å². The Morgan fingerprint density at radius 1 is 1.54 bits per heavy atom. The van der Waals surface area contributed by atoms with Gasteiger partial charge < -0.3 is 0 Å². The first-order valence-electron chi connectivity index (χ1n) is 4.69. The van der Waals surface area contributed by atoms with Crippen molar-refractivity contribution in [3.63, 3.8) is 0 Å². The Labute approximate surface area is 83.0 Å². The van der Waals surface area contributed by atoms with Gasteiger partial charge in [0.1, 0.15) is 0 Å². The summed E-state index contributed by atoms with van der Waals surface area (Å²) < 4.78 is 0. The van der Waals surface area contributed by atoms with Crippen LogP contribution in [0.3, 0.4) is 0 Å². The summed E-state index contributed by atoms with van der Waals surface area (Å²) in [4.78, 5) is 16.4. The van der Waals surface area contributed by atoms with Crippen molar-refractivity contribution in [3.05, 3.63) is 16.1 Å². The summed E-state index contributed by atoms with van der Waals surface area (Å²) >= 11 is 1.49. The first-order valence-corrected chi connectivity index (χ1v) is 5.51. The summed E-state index contributed by atoms with van der Waals surface area (Å²) in [6, 6.07) is 0. The Kier molecular flexibility index (Phi) is 4.09. The van der Waals surface area contributed by atoms with Gasteiger partial charge in [-0.1, -0.05) is 19.8 Å². The van der Waals surface area contributed by atoms with Crippen molar-refractivity contribution < 1.29 is 4.79 Å². The van der Waals surface area contributed by atoms with Crippen molar-refractivity contribution in [2.24, 2.45) is 0 Å². The third-order valence-corrected chi connectivity index (χ3v) is 2.86. The molecule has 1 aromatic heterocycles. The monoisotopic (exact) mass is 197 g/mol. The van der Waals surface area contributed by atoms with E-state index in [9.17, 15) is 4.79 Å². The minimum Gasteiger partial charge on any atom is -0.293 e. The lowest BCUT2D eigenvalue weighted by Gasteiger charge is -1.95. The molecule has 0 aliphatic carbocycles. The van der Waals surface area contributed by atoms with Crippen LogP contribution in [0.5, 0.6) is 0 Å². The molecule has 0 N–H and O–H groups in total. The number of carbonyl (C=O) groups excluding carboxylic acids is 1. The van der Waals surface area contributed by atoms with Gasteiger partial charge in [0.15, 0.2) is 5.78 Å². The van der Waals surface area contributed by atoms with Crippen LogP contribution in [0, 0.1) is 6.92 Å². The fourth-order valence-electron chi connectivity index (χ4n) is 1.15. The van der Waals surface area contributed by atoms with Gasteiger partial charge >= 0.3 is 0 Å². The predicted molar refractivity (Wildman–Crippen MR) is 55.3 cm³/mol. The highest BCUT2D eigenvalue weighted by Gasteiger charge is 2.07. The molecule has 0 aromatic carbocycles. The number of nitrogens with zero attached hydrogens (tertiary/aromatic N) is 1. The van der Waals surface area contributed by atoms with E-state index in [0.29, 0.717) is 6.42 Å². The molecule has 72 valence electrons. The number of rotatable bonds is 5. The molecule has 3 heteroatoms. The molecule has 0 atom stereocenters. The summed E-state index contributed by atoms with van der Waals surface area (Å²) in [6.45, 7) is 4.06. The largest absolute Gasteiger partial charge is 0.293 e. The lowest BCUT2D eigenvalue weighted by molar-refractivity contribution is 0.0983. The van der Waals surface area contributed by atoms with E-state index in [1.165, 1.54) is 11.3 Å². The fraction of sp³-hybridized carbons (Fsp3) is 0.600. The molecule has 0 fully saturated rings. The predicted octanol–water partition coefficient (Wildman–Crippen LogP) is 3.21. The molecule has 0 aliphatic rings. The van der Waals surface area contributed by atoms with Crippen LogP contribution in [-0.2, 0) is 0 Å². The number of thiazole rings is 1. The summed E-state index contributed by atoms with van der Waals surface area (Å²) in [7, 11) is 0. The van der Waals surface area contributed by atoms with Crippen LogP contribution >= 0.6 is 11.3 Å². The van der Waals surface area contributed by atoms with E-state index in [0.717, 1.165) is 29.1 Å². The number of aryl methyl sites for hydroxylation is 1. The van der Waals surface area contributed by atoms with Gasteiger partial charge in [0.25, 0.3) is 0 Å². The zero-order valence-electron chi connectivity index (χ0n) is 8.17. The zero-order chi connectivity index (χ0) is 9.68. The maximum atomic E-state index is 11.5. The van der Waals surface area contributed by atoms with E-state index in [2.05, 4.69) is 11.9 Å². The minimum absolute atomic E-state index is 0.249. The number of hydrogen-bond acceptors (Lipinski definition) is 3. The summed E-state index contributed by atoms with van der Waals surface area (Å²) in [6.07, 6.45) is 5.68. The van der Waals surface area contributed by atoms with Crippen LogP contribution in [0.15, 0.2) is 6.20 Å². The number of carbonyl (C=O) groups is 1. The lowest BCUT2D eigenvalue weighted by Crippen LogP contribution is -1.95. The van der Waals surface area contributed by atoms with Gasteiger partial charge in [-0.2, -0.15) is 0 Å². The van der Waals surface area contributed by atoms with Gasteiger partial charge in [-0.3, -0.25) is 4.79 Å². The Balaban J connectivity index is 2.40. The molecule has 1 aromatic rings. The van der Waals surface area contributed by atoms with E-state index in [1.807, 2.05) is 6.92 Å². The zero-order valence-corrected chi connectivity index (χ0v) is 8.99. The highest BCUT2D eigenvalue weighted by molar-refractivity contribution is 7.13. The van der Waals surface area contributed by atoms with Gasteiger partial charge in [-0.15, -0.1) is 11.3 Å². The lowest BCUT2D eigenvalue weighted by atomic mass is 10.1.